The number of amides is 1. The van der Waals surface area contributed by atoms with E-state index in [1.807, 2.05) is 23.1 Å². The van der Waals surface area contributed by atoms with Crippen LogP contribution in [0.15, 0.2) is 30.3 Å². The number of nitrogens with zero attached hydrogens (tertiary/aromatic N) is 1. The topological polar surface area (TPSA) is 40.5 Å². The molecule has 2 fully saturated rings. The van der Waals surface area contributed by atoms with Gasteiger partial charge in [-0.3, -0.25) is 4.79 Å². The Bertz CT molecular complexity index is 417. The molecule has 0 radical (unpaired) electrons. The molecule has 1 saturated carbocycles. The SMILES string of the molecule is O=C(C1CC1c1ccccc1)N1CC[C@@H](O)C1. The largest absolute Gasteiger partial charge is 0.391 e. The van der Waals surface area contributed by atoms with Crippen molar-refractivity contribution in [2.24, 2.45) is 5.92 Å². The number of hydrogen-bond donors (Lipinski definition) is 1. The number of carbonyl (C=O) groups is 1. The monoisotopic (exact) mass is 231 g/mol. The zero-order valence-electron chi connectivity index (χ0n) is 9.75. The van der Waals surface area contributed by atoms with Crippen LogP contribution < -0.4 is 0 Å². The molecule has 0 bridgehead atoms. The van der Waals surface area contributed by atoms with Crippen LogP contribution >= 0.6 is 0 Å². The Labute approximate surface area is 101 Å². The molecule has 1 heterocycles. The lowest BCUT2D eigenvalue weighted by molar-refractivity contribution is -0.131. The first-order chi connectivity index (χ1) is 8.25. The van der Waals surface area contributed by atoms with Crippen molar-refractivity contribution in [2.45, 2.75) is 24.9 Å². The second-order valence-corrected chi connectivity index (χ2v) is 5.09. The van der Waals surface area contributed by atoms with Crippen LogP contribution in [0.3, 0.4) is 0 Å². The Hall–Kier alpha value is -1.35. The standard InChI is InChI=1S/C14H17NO2/c16-11-6-7-15(9-11)14(17)13-8-12(13)10-4-2-1-3-5-10/h1-5,11-13,16H,6-9H2/t11-,12?,13?/m1/s1. The highest BCUT2D eigenvalue weighted by Gasteiger charge is 2.46. The van der Waals surface area contributed by atoms with Gasteiger partial charge >= 0.3 is 0 Å². The van der Waals surface area contributed by atoms with Crippen LogP contribution in [0.25, 0.3) is 0 Å². The van der Waals surface area contributed by atoms with Gasteiger partial charge in [-0.25, -0.2) is 0 Å². The molecule has 90 valence electrons. The number of benzene rings is 1. The van der Waals surface area contributed by atoms with Crippen molar-refractivity contribution in [3.8, 4) is 0 Å². The minimum atomic E-state index is -0.312. The van der Waals surface area contributed by atoms with Gasteiger partial charge < -0.3 is 10.0 Å². The average Bonchev–Trinajstić information content (AvgIpc) is 3.05. The van der Waals surface area contributed by atoms with Gasteiger partial charge in [-0.15, -0.1) is 0 Å². The predicted molar refractivity (Wildman–Crippen MR) is 64.5 cm³/mol. The summed E-state index contributed by atoms with van der Waals surface area (Å²) < 4.78 is 0. The summed E-state index contributed by atoms with van der Waals surface area (Å²) in [5.74, 6) is 0.791. The molecule has 1 N–H and O–H groups in total. The van der Waals surface area contributed by atoms with Gasteiger partial charge in [-0.05, 0) is 24.3 Å². The molecule has 1 saturated heterocycles. The van der Waals surface area contributed by atoms with Crippen LogP contribution in [0.2, 0.25) is 0 Å². The van der Waals surface area contributed by atoms with Gasteiger partial charge in [0, 0.05) is 19.0 Å². The first-order valence-electron chi connectivity index (χ1n) is 6.27. The van der Waals surface area contributed by atoms with Gasteiger partial charge in [0.05, 0.1) is 6.10 Å². The Balaban J connectivity index is 1.63. The normalized spacial score (nSPS) is 31.6. The van der Waals surface area contributed by atoms with Gasteiger partial charge in [-0.2, -0.15) is 0 Å². The van der Waals surface area contributed by atoms with Gasteiger partial charge in [0.25, 0.3) is 0 Å². The lowest BCUT2D eigenvalue weighted by Crippen LogP contribution is -2.31. The summed E-state index contributed by atoms with van der Waals surface area (Å²) >= 11 is 0. The van der Waals surface area contributed by atoms with E-state index in [-0.39, 0.29) is 17.9 Å². The number of hydrogen-bond acceptors (Lipinski definition) is 2. The Morgan fingerprint density at radius 2 is 2.06 bits per heavy atom. The third-order valence-corrected chi connectivity index (χ3v) is 3.81. The number of β-amino-alcohol motifs (C(OH)–C–C–N with tert-alkyl or cyclic N) is 1. The molecule has 2 aliphatic rings. The summed E-state index contributed by atoms with van der Waals surface area (Å²) in [5.41, 5.74) is 1.27. The van der Waals surface area contributed by atoms with Gasteiger partial charge in [0.15, 0.2) is 0 Å². The molecule has 1 aromatic rings. The number of rotatable bonds is 2. The van der Waals surface area contributed by atoms with Crippen molar-refractivity contribution in [3.05, 3.63) is 35.9 Å². The molecule has 3 nitrogen and oxygen atoms in total. The molecule has 2 unspecified atom stereocenters. The molecule has 0 spiro atoms. The lowest BCUT2D eigenvalue weighted by atomic mass is 10.1. The van der Waals surface area contributed by atoms with Gasteiger partial charge in [0.1, 0.15) is 0 Å². The van der Waals surface area contributed by atoms with Crippen molar-refractivity contribution in [1.82, 2.24) is 4.90 Å². The Morgan fingerprint density at radius 1 is 1.29 bits per heavy atom. The molecule has 0 aromatic heterocycles. The molecular formula is C14H17NO2. The zero-order chi connectivity index (χ0) is 11.8. The molecule has 1 aromatic carbocycles. The molecule has 3 heteroatoms. The minimum absolute atomic E-state index is 0.155. The fraction of sp³-hybridized carbons (Fsp3) is 0.500. The average molecular weight is 231 g/mol. The van der Waals surface area contributed by atoms with Crippen molar-refractivity contribution in [2.75, 3.05) is 13.1 Å². The van der Waals surface area contributed by atoms with Crippen LogP contribution in [-0.2, 0) is 4.79 Å². The molecule has 1 aliphatic heterocycles. The first kappa shape index (κ1) is 10.8. The van der Waals surface area contributed by atoms with Gasteiger partial charge in [-0.1, -0.05) is 30.3 Å². The van der Waals surface area contributed by atoms with Crippen molar-refractivity contribution >= 4 is 5.91 Å². The molecule has 1 aliphatic carbocycles. The van der Waals surface area contributed by atoms with Crippen LogP contribution in [0.1, 0.15) is 24.3 Å². The molecule has 3 rings (SSSR count). The van der Waals surface area contributed by atoms with Crippen molar-refractivity contribution in [3.63, 3.8) is 0 Å². The number of carbonyl (C=O) groups excluding carboxylic acids is 1. The maximum Gasteiger partial charge on any atom is 0.226 e. The van der Waals surface area contributed by atoms with E-state index >= 15 is 0 Å². The highest BCUT2D eigenvalue weighted by molar-refractivity contribution is 5.83. The third kappa shape index (κ3) is 2.07. The lowest BCUT2D eigenvalue weighted by Gasteiger charge is -2.15. The summed E-state index contributed by atoms with van der Waals surface area (Å²) in [4.78, 5) is 14.0. The van der Waals surface area contributed by atoms with Crippen molar-refractivity contribution < 1.29 is 9.90 Å². The van der Waals surface area contributed by atoms with E-state index in [1.54, 1.807) is 0 Å². The Morgan fingerprint density at radius 3 is 2.71 bits per heavy atom. The van der Waals surface area contributed by atoms with E-state index in [4.69, 9.17) is 0 Å². The number of aliphatic hydroxyl groups is 1. The highest BCUT2D eigenvalue weighted by atomic mass is 16.3. The summed E-state index contributed by atoms with van der Waals surface area (Å²) in [6.07, 6.45) is 1.39. The van der Waals surface area contributed by atoms with E-state index in [0.29, 0.717) is 12.5 Å². The fourth-order valence-electron chi connectivity index (χ4n) is 2.71. The van der Waals surface area contributed by atoms with Gasteiger partial charge in [0.2, 0.25) is 5.91 Å². The first-order valence-corrected chi connectivity index (χ1v) is 6.27. The van der Waals surface area contributed by atoms with Crippen molar-refractivity contribution in [1.29, 1.82) is 0 Å². The molecule has 3 atom stereocenters. The van der Waals surface area contributed by atoms with E-state index in [0.717, 1.165) is 19.4 Å². The molecule has 1 amide bonds. The van der Waals surface area contributed by atoms with Crippen LogP contribution in [0.4, 0.5) is 0 Å². The fourth-order valence-corrected chi connectivity index (χ4v) is 2.71. The van der Waals surface area contributed by atoms with Crippen LogP contribution in [0.5, 0.6) is 0 Å². The second-order valence-electron chi connectivity index (χ2n) is 5.09. The quantitative estimate of drug-likeness (QED) is 0.835. The summed E-state index contributed by atoms with van der Waals surface area (Å²) in [5, 5.41) is 9.44. The number of aliphatic hydroxyl groups excluding tert-OH is 1. The second kappa shape index (κ2) is 4.15. The minimum Gasteiger partial charge on any atom is -0.391 e. The third-order valence-electron chi connectivity index (χ3n) is 3.81. The van der Waals surface area contributed by atoms with E-state index in [9.17, 15) is 9.90 Å². The highest BCUT2D eigenvalue weighted by Crippen LogP contribution is 2.48. The van der Waals surface area contributed by atoms with Crippen LogP contribution in [-0.4, -0.2) is 35.1 Å². The maximum absolute atomic E-state index is 12.2. The smallest absolute Gasteiger partial charge is 0.226 e. The van der Waals surface area contributed by atoms with E-state index < -0.39 is 0 Å². The number of likely N-dealkylation sites (tertiary alicyclic amines) is 1. The zero-order valence-corrected chi connectivity index (χ0v) is 9.75. The Kier molecular flexibility index (Phi) is 2.63. The molecule has 17 heavy (non-hydrogen) atoms. The predicted octanol–water partition coefficient (Wildman–Crippen LogP) is 1.38. The summed E-state index contributed by atoms with van der Waals surface area (Å²) in [7, 11) is 0. The summed E-state index contributed by atoms with van der Waals surface area (Å²) in [6, 6.07) is 10.2. The summed E-state index contributed by atoms with van der Waals surface area (Å²) in [6.45, 7) is 1.24. The van der Waals surface area contributed by atoms with Crippen LogP contribution in [0, 0.1) is 5.92 Å². The molecular weight excluding hydrogens is 214 g/mol. The van der Waals surface area contributed by atoms with E-state index in [1.165, 1.54) is 5.56 Å². The maximum atomic E-state index is 12.2. The van der Waals surface area contributed by atoms with E-state index in [2.05, 4.69) is 12.1 Å².